The molecule has 0 fully saturated rings. The van der Waals surface area contributed by atoms with E-state index in [0.717, 1.165) is 5.56 Å². The molecule has 2 aromatic carbocycles. The Morgan fingerprint density at radius 1 is 0.947 bits per heavy atom. The summed E-state index contributed by atoms with van der Waals surface area (Å²) in [4.78, 5) is 0.493. The first-order valence-electron chi connectivity index (χ1n) is 6.42. The first kappa shape index (κ1) is 12.4. The van der Waals surface area contributed by atoms with E-state index in [1.165, 1.54) is 5.56 Å². The Kier molecular flexibility index (Phi) is 2.75. The first-order valence-corrected chi connectivity index (χ1v) is 8.07. The molecule has 98 valence electrons. The second-order valence-electron chi connectivity index (χ2n) is 5.26. The molecule has 1 aliphatic heterocycles. The molecular weight excluding hydrogens is 256 g/mol. The van der Waals surface area contributed by atoms with Gasteiger partial charge in [-0.15, -0.1) is 0 Å². The summed E-state index contributed by atoms with van der Waals surface area (Å²) in [5.41, 5.74) is 1.88. The van der Waals surface area contributed by atoms with Crippen LogP contribution in [0, 0.1) is 0 Å². The number of hydrogen-bond donors (Lipinski definition) is 0. The van der Waals surface area contributed by atoms with E-state index in [4.69, 9.17) is 0 Å². The molecule has 0 aliphatic carbocycles. The molecule has 1 unspecified atom stereocenters. The molecule has 0 N–H and O–H groups in total. The van der Waals surface area contributed by atoms with Crippen LogP contribution in [0.15, 0.2) is 59.5 Å². The van der Waals surface area contributed by atoms with Gasteiger partial charge >= 0.3 is 0 Å². The van der Waals surface area contributed by atoms with Gasteiger partial charge in [-0.25, -0.2) is 8.42 Å². The highest BCUT2D eigenvalue weighted by Gasteiger charge is 2.39. The van der Waals surface area contributed by atoms with Gasteiger partial charge in [0.15, 0.2) is 9.84 Å². The average molecular weight is 272 g/mol. The molecule has 2 aromatic rings. The molecule has 0 radical (unpaired) electrons. The van der Waals surface area contributed by atoms with Crippen molar-refractivity contribution in [1.29, 1.82) is 0 Å². The second kappa shape index (κ2) is 4.20. The molecule has 0 amide bonds. The van der Waals surface area contributed by atoms with E-state index >= 15 is 0 Å². The molecule has 0 saturated carbocycles. The van der Waals surface area contributed by atoms with Crippen molar-refractivity contribution in [2.24, 2.45) is 0 Å². The minimum Gasteiger partial charge on any atom is -0.224 e. The van der Waals surface area contributed by atoms with Gasteiger partial charge in [0.1, 0.15) is 0 Å². The van der Waals surface area contributed by atoms with Crippen molar-refractivity contribution in [3.8, 4) is 0 Å². The maximum absolute atomic E-state index is 12.2. The Hall–Kier alpha value is -1.61. The molecule has 0 aromatic heterocycles. The van der Waals surface area contributed by atoms with Crippen molar-refractivity contribution in [1.82, 2.24) is 0 Å². The van der Waals surface area contributed by atoms with Crippen molar-refractivity contribution >= 4 is 9.84 Å². The molecule has 19 heavy (non-hydrogen) atoms. The fourth-order valence-electron chi connectivity index (χ4n) is 2.88. The lowest BCUT2D eigenvalue weighted by Crippen LogP contribution is -2.33. The lowest BCUT2D eigenvalue weighted by atomic mass is 9.74. The van der Waals surface area contributed by atoms with Crippen LogP contribution in [0.3, 0.4) is 0 Å². The molecule has 1 atom stereocenters. The number of fused-ring (bicyclic) bond motifs is 1. The van der Waals surface area contributed by atoms with Gasteiger partial charge in [0, 0.05) is 5.41 Å². The maximum Gasteiger partial charge on any atom is 0.178 e. The summed E-state index contributed by atoms with van der Waals surface area (Å²) < 4.78 is 24.4. The molecule has 3 rings (SSSR count). The molecule has 1 aliphatic rings. The Morgan fingerprint density at radius 3 is 2.32 bits per heavy atom. The van der Waals surface area contributed by atoms with E-state index in [9.17, 15) is 8.42 Å². The van der Waals surface area contributed by atoms with Gasteiger partial charge in [-0.1, -0.05) is 55.5 Å². The lowest BCUT2D eigenvalue weighted by Gasteiger charge is -2.36. The molecule has 3 heteroatoms. The fraction of sp³-hybridized carbons (Fsp3) is 0.250. The van der Waals surface area contributed by atoms with Crippen LogP contribution in [0.5, 0.6) is 0 Å². The Bertz CT molecular complexity index is 705. The third-order valence-corrected chi connectivity index (χ3v) is 5.87. The standard InChI is InChI=1S/C16H16O2S/c1-16(13-7-3-2-4-8-13)11-12-19(17,18)15-10-6-5-9-14(15)16/h2-10H,11-12H2,1H3. The third kappa shape index (κ3) is 1.89. The summed E-state index contributed by atoms with van der Waals surface area (Å²) in [6.07, 6.45) is 0.635. The van der Waals surface area contributed by atoms with Crippen LogP contribution in [0.2, 0.25) is 0 Å². The average Bonchev–Trinajstić information content (AvgIpc) is 2.45. The van der Waals surface area contributed by atoms with Crippen LogP contribution in [0.1, 0.15) is 24.5 Å². The molecule has 0 spiro atoms. The number of sulfone groups is 1. The van der Waals surface area contributed by atoms with E-state index in [0.29, 0.717) is 11.3 Å². The highest BCUT2D eigenvalue weighted by atomic mass is 32.2. The molecule has 1 heterocycles. The van der Waals surface area contributed by atoms with Crippen LogP contribution in [-0.2, 0) is 15.3 Å². The van der Waals surface area contributed by atoms with E-state index in [1.807, 2.05) is 30.3 Å². The Morgan fingerprint density at radius 2 is 1.58 bits per heavy atom. The van der Waals surface area contributed by atoms with Gasteiger partial charge in [-0.05, 0) is 23.6 Å². The van der Waals surface area contributed by atoms with Gasteiger partial charge < -0.3 is 0 Å². The van der Waals surface area contributed by atoms with Gasteiger partial charge in [-0.3, -0.25) is 0 Å². The quantitative estimate of drug-likeness (QED) is 0.799. The van der Waals surface area contributed by atoms with Gasteiger partial charge in [0.05, 0.1) is 10.6 Å². The number of hydrogen-bond acceptors (Lipinski definition) is 2. The first-order chi connectivity index (χ1) is 9.04. The Balaban J connectivity index is 2.26. The number of benzene rings is 2. The summed E-state index contributed by atoms with van der Waals surface area (Å²) in [6, 6.07) is 17.5. The summed E-state index contributed by atoms with van der Waals surface area (Å²) in [5, 5.41) is 0. The fourth-order valence-corrected chi connectivity index (χ4v) is 4.69. The van der Waals surface area contributed by atoms with Crippen molar-refractivity contribution < 1.29 is 8.42 Å². The van der Waals surface area contributed by atoms with Gasteiger partial charge in [0.25, 0.3) is 0 Å². The van der Waals surface area contributed by atoms with Crippen LogP contribution in [-0.4, -0.2) is 14.2 Å². The van der Waals surface area contributed by atoms with Gasteiger partial charge in [0.2, 0.25) is 0 Å². The van der Waals surface area contributed by atoms with Crippen molar-refractivity contribution in [2.45, 2.75) is 23.7 Å². The Labute approximate surface area is 114 Å². The molecule has 0 saturated heterocycles. The topological polar surface area (TPSA) is 34.1 Å². The zero-order valence-electron chi connectivity index (χ0n) is 10.8. The summed E-state index contributed by atoms with van der Waals surface area (Å²) in [5.74, 6) is 0.218. The zero-order valence-corrected chi connectivity index (χ0v) is 11.7. The van der Waals surface area contributed by atoms with Crippen molar-refractivity contribution in [2.75, 3.05) is 5.75 Å². The van der Waals surface area contributed by atoms with Crippen LogP contribution in [0.25, 0.3) is 0 Å². The SMILES string of the molecule is CC1(c2ccccc2)CCS(=O)(=O)c2ccccc21. The minimum absolute atomic E-state index is 0.218. The summed E-state index contributed by atoms with van der Waals surface area (Å²) >= 11 is 0. The van der Waals surface area contributed by atoms with E-state index in [2.05, 4.69) is 19.1 Å². The summed E-state index contributed by atoms with van der Waals surface area (Å²) in [6.45, 7) is 2.13. The third-order valence-electron chi connectivity index (χ3n) is 4.10. The predicted octanol–water partition coefficient (Wildman–Crippen LogP) is 3.17. The molecular formula is C16H16O2S. The van der Waals surface area contributed by atoms with Gasteiger partial charge in [-0.2, -0.15) is 0 Å². The van der Waals surface area contributed by atoms with Crippen LogP contribution >= 0.6 is 0 Å². The van der Waals surface area contributed by atoms with E-state index < -0.39 is 9.84 Å². The molecule has 0 bridgehead atoms. The second-order valence-corrected chi connectivity index (χ2v) is 7.34. The maximum atomic E-state index is 12.2. The van der Waals surface area contributed by atoms with Crippen LogP contribution in [0.4, 0.5) is 0 Å². The monoisotopic (exact) mass is 272 g/mol. The van der Waals surface area contributed by atoms with Crippen LogP contribution < -0.4 is 0 Å². The smallest absolute Gasteiger partial charge is 0.178 e. The predicted molar refractivity (Wildman–Crippen MR) is 76.0 cm³/mol. The largest absolute Gasteiger partial charge is 0.224 e. The highest BCUT2D eigenvalue weighted by Crippen LogP contribution is 2.42. The summed E-state index contributed by atoms with van der Waals surface area (Å²) in [7, 11) is -3.12. The zero-order chi connectivity index (χ0) is 13.5. The normalized spacial score (nSPS) is 24.7. The van der Waals surface area contributed by atoms with Crippen molar-refractivity contribution in [3.63, 3.8) is 0 Å². The van der Waals surface area contributed by atoms with E-state index in [-0.39, 0.29) is 11.2 Å². The van der Waals surface area contributed by atoms with E-state index in [1.54, 1.807) is 12.1 Å². The minimum atomic E-state index is -3.12. The van der Waals surface area contributed by atoms with Crippen molar-refractivity contribution in [3.05, 3.63) is 65.7 Å². The molecule has 2 nitrogen and oxygen atoms in total. The lowest BCUT2D eigenvalue weighted by molar-refractivity contribution is 0.506. The highest BCUT2D eigenvalue weighted by molar-refractivity contribution is 7.91. The number of rotatable bonds is 1.